The van der Waals surface area contributed by atoms with E-state index in [1.54, 1.807) is 0 Å². The van der Waals surface area contributed by atoms with Gasteiger partial charge in [0.2, 0.25) is 0 Å². The van der Waals surface area contributed by atoms with Gasteiger partial charge >= 0.3 is 0 Å². The summed E-state index contributed by atoms with van der Waals surface area (Å²) in [5.41, 5.74) is 8.87. The van der Waals surface area contributed by atoms with Gasteiger partial charge in [-0.25, -0.2) is 0 Å². The van der Waals surface area contributed by atoms with Gasteiger partial charge in [0.05, 0.1) is 5.02 Å². The molecule has 0 bridgehead atoms. The van der Waals surface area contributed by atoms with Gasteiger partial charge in [0.1, 0.15) is 0 Å². The maximum Gasteiger partial charge on any atom is 0.0503 e. The van der Waals surface area contributed by atoms with E-state index in [0.29, 0.717) is 0 Å². The van der Waals surface area contributed by atoms with Gasteiger partial charge in [0.15, 0.2) is 0 Å². The lowest BCUT2D eigenvalue weighted by molar-refractivity contribution is 0.304. The van der Waals surface area contributed by atoms with E-state index in [0.717, 1.165) is 23.3 Å². The van der Waals surface area contributed by atoms with Gasteiger partial charge in [-0.2, -0.15) is 0 Å². The lowest BCUT2D eigenvalue weighted by Crippen LogP contribution is -2.38. The number of benzene rings is 1. The molecule has 0 radical (unpaired) electrons. The van der Waals surface area contributed by atoms with Crippen LogP contribution in [0.3, 0.4) is 0 Å². The summed E-state index contributed by atoms with van der Waals surface area (Å²) >= 11 is 6.39. The minimum absolute atomic E-state index is 0.192. The number of hydrogen-bond donors (Lipinski definition) is 1. The zero-order valence-electron chi connectivity index (χ0n) is 10.7. The number of nitrogens with two attached hydrogens (primary N) is 1. The fourth-order valence-electron chi connectivity index (χ4n) is 3.23. The molecule has 18 heavy (non-hydrogen) atoms. The normalized spacial score (nSPS) is 19.3. The second-order valence-corrected chi connectivity index (χ2v) is 5.91. The molecule has 0 saturated heterocycles. The van der Waals surface area contributed by atoms with Crippen LogP contribution in [-0.2, 0) is 12.6 Å². The van der Waals surface area contributed by atoms with Crippen molar-refractivity contribution in [2.45, 2.75) is 37.6 Å². The molecule has 2 aromatic rings. The van der Waals surface area contributed by atoms with Crippen molar-refractivity contribution in [3.05, 3.63) is 35.0 Å². The third-order valence-corrected chi connectivity index (χ3v) is 4.56. The van der Waals surface area contributed by atoms with E-state index in [1.807, 2.05) is 12.1 Å². The maximum absolute atomic E-state index is 6.66. The highest BCUT2D eigenvalue weighted by atomic mass is 35.5. The van der Waals surface area contributed by atoms with E-state index in [1.165, 1.54) is 30.3 Å². The quantitative estimate of drug-likeness (QED) is 0.829. The smallest absolute Gasteiger partial charge is 0.0503 e. The first-order valence-electron chi connectivity index (χ1n) is 6.65. The molecule has 0 atom stereocenters. The molecule has 0 amide bonds. The Labute approximate surface area is 113 Å². The summed E-state index contributed by atoms with van der Waals surface area (Å²) in [4.78, 5) is 0. The Morgan fingerprint density at radius 2 is 1.94 bits per heavy atom. The first-order valence-corrected chi connectivity index (χ1v) is 7.02. The highest BCUT2D eigenvalue weighted by Gasteiger charge is 2.32. The second-order valence-electron chi connectivity index (χ2n) is 5.50. The minimum Gasteiger partial charge on any atom is -0.350 e. The maximum atomic E-state index is 6.66. The van der Waals surface area contributed by atoms with Crippen LogP contribution in [0.25, 0.3) is 10.9 Å². The molecule has 1 saturated carbocycles. The fourth-order valence-corrected chi connectivity index (χ4v) is 3.50. The summed E-state index contributed by atoms with van der Waals surface area (Å²) < 4.78 is 2.14. The van der Waals surface area contributed by atoms with Gasteiger partial charge in [-0.1, -0.05) is 36.9 Å². The van der Waals surface area contributed by atoms with Gasteiger partial charge < -0.3 is 10.3 Å². The standard InChI is InChI=1S/C15H19ClN2/c1-18-10-11(15(17)8-3-2-4-9-15)14-12(16)6-5-7-13(14)18/h5-7,10H,2-4,8-9,17H2,1H3. The summed E-state index contributed by atoms with van der Waals surface area (Å²) in [5, 5.41) is 1.96. The topological polar surface area (TPSA) is 30.9 Å². The van der Waals surface area contributed by atoms with Gasteiger partial charge in [0.25, 0.3) is 0 Å². The Balaban J connectivity index is 2.23. The molecule has 1 aromatic carbocycles. The molecule has 1 aliphatic rings. The number of halogens is 1. The Bertz CT molecular complexity index is 579. The number of aryl methyl sites for hydroxylation is 1. The molecule has 1 aromatic heterocycles. The minimum atomic E-state index is -0.192. The van der Waals surface area contributed by atoms with Crippen LogP contribution >= 0.6 is 11.6 Å². The highest BCUT2D eigenvalue weighted by Crippen LogP contribution is 2.41. The summed E-state index contributed by atoms with van der Waals surface area (Å²) in [6, 6.07) is 6.06. The molecule has 3 rings (SSSR count). The zero-order chi connectivity index (χ0) is 12.8. The first-order chi connectivity index (χ1) is 8.62. The van der Waals surface area contributed by atoms with Crippen LogP contribution in [0.1, 0.15) is 37.7 Å². The van der Waals surface area contributed by atoms with Crippen molar-refractivity contribution in [3.63, 3.8) is 0 Å². The van der Waals surface area contributed by atoms with E-state index in [2.05, 4.69) is 23.9 Å². The van der Waals surface area contributed by atoms with E-state index in [4.69, 9.17) is 17.3 Å². The number of nitrogens with zero attached hydrogens (tertiary/aromatic N) is 1. The van der Waals surface area contributed by atoms with Crippen molar-refractivity contribution < 1.29 is 0 Å². The van der Waals surface area contributed by atoms with Crippen molar-refractivity contribution in [1.82, 2.24) is 4.57 Å². The van der Waals surface area contributed by atoms with Crippen LogP contribution in [0.15, 0.2) is 24.4 Å². The molecular formula is C15H19ClN2. The van der Waals surface area contributed by atoms with Crippen molar-refractivity contribution in [2.75, 3.05) is 0 Å². The molecule has 1 fully saturated rings. The van der Waals surface area contributed by atoms with Crippen molar-refractivity contribution >= 4 is 22.5 Å². The van der Waals surface area contributed by atoms with Crippen LogP contribution in [0.2, 0.25) is 5.02 Å². The van der Waals surface area contributed by atoms with Crippen LogP contribution in [0, 0.1) is 0 Å². The third-order valence-electron chi connectivity index (χ3n) is 4.25. The van der Waals surface area contributed by atoms with E-state index in [-0.39, 0.29) is 5.54 Å². The number of rotatable bonds is 1. The van der Waals surface area contributed by atoms with Crippen molar-refractivity contribution in [3.8, 4) is 0 Å². The Hall–Kier alpha value is -0.990. The van der Waals surface area contributed by atoms with Crippen molar-refractivity contribution in [1.29, 1.82) is 0 Å². The van der Waals surface area contributed by atoms with Crippen LogP contribution < -0.4 is 5.73 Å². The average Bonchev–Trinajstić information content (AvgIpc) is 2.70. The first kappa shape index (κ1) is 12.1. The molecule has 0 unspecified atom stereocenters. The number of fused-ring (bicyclic) bond motifs is 1. The fraction of sp³-hybridized carbons (Fsp3) is 0.467. The summed E-state index contributed by atoms with van der Waals surface area (Å²) in [6.07, 6.45) is 8.04. The van der Waals surface area contributed by atoms with E-state index >= 15 is 0 Å². The molecule has 1 heterocycles. The van der Waals surface area contributed by atoms with Gasteiger partial charge in [-0.05, 0) is 30.5 Å². The van der Waals surface area contributed by atoms with E-state index in [9.17, 15) is 0 Å². The zero-order valence-corrected chi connectivity index (χ0v) is 11.5. The number of aromatic nitrogens is 1. The SMILES string of the molecule is Cn1cc(C2(N)CCCCC2)c2c(Cl)cccc21. The lowest BCUT2D eigenvalue weighted by Gasteiger charge is -2.33. The second kappa shape index (κ2) is 4.29. The predicted octanol–water partition coefficient (Wildman–Crippen LogP) is 3.95. The summed E-state index contributed by atoms with van der Waals surface area (Å²) in [5.74, 6) is 0. The Morgan fingerprint density at radius 3 is 2.67 bits per heavy atom. The Kier molecular flexibility index (Phi) is 2.87. The third kappa shape index (κ3) is 1.75. The van der Waals surface area contributed by atoms with Gasteiger partial charge in [-0.15, -0.1) is 0 Å². The largest absolute Gasteiger partial charge is 0.350 e. The molecule has 2 N–H and O–H groups in total. The molecule has 0 spiro atoms. The van der Waals surface area contributed by atoms with Crippen LogP contribution in [-0.4, -0.2) is 4.57 Å². The van der Waals surface area contributed by atoms with Crippen LogP contribution in [0.5, 0.6) is 0 Å². The molecule has 0 aliphatic heterocycles. The molecule has 1 aliphatic carbocycles. The van der Waals surface area contributed by atoms with Gasteiger partial charge in [0, 0.05) is 29.7 Å². The summed E-state index contributed by atoms with van der Waals surface area (Å²) in [6.45, 7) is 0. The number of hydrogen-bond acceptors (Lipinski definition) is 1. The Morgan fingerprint density at radius 1 is 1.22 bits per heavy atom. The molecule has 3 heteroatoms. The average molecular weight is 263 g/mol. The monoisotopic (exact) mass is 262 g/mol. The van der Waals surface area contributed by atoms with Crippen LogP contribution in [0.4, 0.5) is 0 Å². The van der Waals surface area contributed by atoms with Crippen molar-refractivity contribution in [2.24, 2.45) is 12.8 Å². The summed E-state index contributed by atoms with van der Waals surface area (Å²) in [7, 11) is 2.06. The molecule has 2 nitrogen and oxygen atoms in total. The molecular weight excluding hydrogens is 244 g/mol. The highest BCUT2D eigenvalue weighted by molar-refractivity contribution is 6.35. The predicted molar refractivity (Wildman–Crippen MR) is 76.9 cm³/mol. The van der Waals surface area contributed by atoms with Gasteiger partial charge in [-0.3, -0.25) is 0 Å². The lowest BCUT2D eigenvalue weighted by atomic mass is 9.77. The van der Waals surface area contributed by atoms with E-state index < -0.39 is 0 Å². The molecule has 96 valence electrons.